The van der Waals surface area contributed by atoms with Crippen LogP contribution >= 0.6 is 0 Å². The van der Waals surface area contributed by atoms with Gasteiger partial charge in [-0.2, -0.15) is 15.8 Å². The van der Waals surface area contributed by atoms with Crippen molar-refractivity contribution in [3.63, 3.8) is 0 Å². The summed E-state index contributed by atoms with van der Waals surface area (Å²) in [7, 11) is 0. The van der Waals surface area contributed by atoms with Crippen molar-refractivity contribution in [3.8, 4) is 18.2 Å². The molecular formula is C19H18N6. The molecule has 0 amide bonds. The smallest absolute Gasteiger partial charge is 0.191 e. The van der Waals surface area contributed by atoms with Crippen LogP contribution in [0.2, 0.25) is 0 Å². The fourth-order valence-corrected chi connectivity index (χ4v) is 3.93. The summed E-state index contributed by atoms with van der Waals surface area (Å²) in [6.45, 7) is 4.32. The number of nitrogens with two attached hydrogens (primary N) is 1. The number of hydrogen-bond donors (Lipinski definition) is 1. The van der Waals surface area contributed by atoms with Crippen molar-refractivity contribution in [2.24, 2.45) is 17.1 Å². The lowest BCUT2D eigenvalue weighted by Crippen LogP contribution is -2.48. The Hall–Kier alpha value is -3.14. The molecule has 0 saturated heterocycles. The Balaban J connectivity index is 2.30. The number of aromatic nitrogens is 1. The van der Waals surface area contributed by atoms with Gasteiger partial charge in [0.15, 0.2) is 5.41 Å². The van der Waals surface area contributed by atoms with Gasteiger partial charge >= 0.3 is 0 Å². The number of nitrogens with zero attached hydrogens (tertiary/aromatic N) is 5. The number of likely N-dealkylation sites (N-methyl/N-ethyl adjacent to an activating group) is 1. The summed E-state index contributed by atoms with van der Waals surface area (Å²) >= 11 is 0. The van der Waals surface area contributed by atoms with Gasteiger partial charge in [0.2, 0.25) is 0 Å². The zero-order chi connectivity index (χ0) is 18.0. The summed E-state index contributed by atoms with van der Waals surface area (Å²) in [4.78, 5) is 6.39. The average molecular weight is 330 g/mol. The summed E-state index contributed by atoms with van der Waals surface area (Å²) in [5.41, 5.74) is 6.63. The van der Waals surface area contributed by atoms with E-state index < -0.39 is 11.3 Å². The topological polar surface area (TPSA) is 114 Å². The second kappa shape index (κ2) is 6.40. The van der Waals surface area contributed by atoms with Crippen molar-refractivity contribution >= 4 is 0 Å². The Morgan fingerprint density at radius 3 is 2.68 bits per heavy atom. The molecule has 2 N–H and O–H groups in total. The van der Waals surface area contributed by atoms with E-state index in [1.54, 1.807) is 18.5 Å². The molecule has 1 aromatic heterocycles. The highest BCUT2D eigenvalue weighted by molar-refractivity contribution is 5.59. The van der Waals surface area contributed by atoms with E-state index in [1.807, 2.05) is 12.1 Å². The van der Waals surface area contributed by atoms with Crippen LogP contribution in [-0.2, 0) is 0 Å². The predicted molar refractivity (Wildman–Crippen MR) is 91.2 cm³/mol. The lowest BCUT2D eigenvalue weighted by Gasteiger charge is -2.45. The quantitative estimate of drug-likeness (QED) is 0.885. The largest absolute Gasteiger partial charge is 0.399 e. The van der Waals surface area contributed by atoms with Crippen molar-refractivity contribution in [3.05, 3.63) is 53.0 Å². The predicted octanol–water partition coefficient (Wildman–Crippen LogP) is 1.83. The Labute approximate surface area is 147 Å². The van der Waals surface area contributed by atoms with Gasteiger partial charge in [-0.3, -0.25) is 9.88 Å². The van der Waals surface area contributed by atoms with Gasteiger partial charge in [0.05, 0.1) is 23.4 Å². The Morgan fingerprint density at radius 1 is 1.36 bits per heavy atom. The number of nitriles is 3. The molecule has 0 saturated carbocycles. The SMILES string of the molecule is CCN1CC=C2C(C#N)=C(N)C(C#N)(C#N)[C@H](c3cccnc3)[C@@H]2C1. The van der Waals surface area contributed by atoms with Crippen LogP contribution in [0.25, 0.3) is 0 Å². The summed E-state index contributed by atoms with van der Waals surface area (Å²) in [6, 6.07) is 10.0. The van der Waals surface area contributed by atoms with E-state index in [1.165, 1.54) is 0 Å². The third-order valence-electron chi connectivity index (χ3n) is 5.23. The highest BCUT2D eigenvalue weighted by Crippen LogP contribution is 2.53. The highest BCUT2D eigenvalue weighted by Gasteiger charge is 2.54. The number of rotatable bonds is 2. The molecule has 0 fully saturated rings. The molecular weight excluding hydrogens is 312 g/mol. The van der Waals surface area contributed by atoms with E-state index >= 15 is 0 Å². The molecule has 3 rings (SSSR count). The van der Waals surface area contributed by atoms with Gasteiger partial charge in [0.25, 0.3) is 0 Å². The van der Waals surface area contributed by atoms with Crippen LogP contribution < -0.4 is 5.73 Å². The Morgan fingerprint density at radius 2 is 2.12 bits per heavy atom. The van der Waals surface area contributed by atoms with Gasteiger partial charge in [-0.25, -0.2) is 0 Å². The average Bonchev–Trinajstić information content (AvgIpc) is 2.67. The Kier molecular flexibility index (Phi) is 4.28. The Bertz CT molecular complexity index is 848. The van der Waals surface area contributed by atoms with Gasteiger partial charge in [0, 0.05) is 37.3 Å². The first-order valence-corrected chi connectivity index (χ1v) is 8.18. The second-order valence-corrected chi connectivity index (χ2v) is 6.31. The normalized spacial score (nSPS) is 25.1. The number of fused-ring (bicyclic) bond motifs is 1. The first kappa shape index (κ1) is 16.7. The van der Waals surface area contributed by atoms with E-state index in [-0.39, 0.29) is 17.2 Å². The van der Waals surface area contributed by atoms with Gasteiger partial charge in [-0.1, -0.05) is 19.1 Å². The van der Waals surface area contributed by atoms with E-state index in [9.17, 15) is 15.8 Å². The van der Waals surface area contributed by atoms with Crippen molar-refractivity contribution in [1.29, 1.82) is 15.8 Å². The first-order chi connectivity index (χ1) is 12.1. The third kappa shape index (κ3) is 2.38. The summed E-state index contributed by atoms with van der Waals surface area (Å²) < 4.78 is 0. The molecule has 0 unspecified atom stereocenters. The van der Waals surface area contributed by atoms with Crippen LogP contribution in [-0.4, -0.2) is 29.5 Å². The molecule has 1 aliphatic carbocycles. The standard InChI is InChI=1S/C19H18N6/c1-2-25-7-5-14-15(8-20)18(23)19(11-21,12-22)17(16(14)10-25)13-4-3-6-24-9-13/h3-6,9,16-17H,2,7,10,23H2,1H3/t16-,17-/m1/s1. The van der Waals surface area contributed by atoms with E-state index in [0.717, 1.165) is 24.2 Å². The molecule has 124 valence electrons. The molecule has 6 heteroatoms. The van der Waals surface area contributed by atoms with E-state index in [4.69, 9.17) is 5.73 Å². The van der Waals surface area contributed by atoms with Crippen LogP contribution in [0, 0.1) is 45.3 Å². The van der Waals surface area contributed by atoms with Crippen molar-refractivity contribution in [1.82, 2.24) is 9.88 Å². The van der Waals surface area contributed by atoms with Crippen molar-refractivity contribution in [2.75, 3.05) is 19.6 Å². The fourth-order valence-electron chi connectivity index (χ4n) is 3.93. The van der Waals surface area contributed by atoms with Crippen LogP contribution in [0.5, 0.6) is 0 Å². The lowest BCUT2D eigenvalue weighted by atomic mass is 9.58. The van der Waals surface area contributed by atoms with Crippen LogP contribution in [0.15, 0.2) is 47.4 Å². The van der Waals surface area contributed by atoms with E-state index in [2.05, 4.69) is 35.0 Å². The summed E-state index contributed by atoms with van der Waals surface area (Å²) in [5.74, 6) is -0.618. The molecule has 2 heterocycles. The molecule has 6 nitrogen and oxygen atoms in total. The van der Waals surface area contributed by atoms with Gasteiger partial charge in [-0.15, -0.1) is 0 Å². The highest BCUT2D eigenvalue weighted by atomic mass is 15.1. The van der Waals surface area contributed by atoms with E-state index in [0.29, 0.717) is 6.54 Å². The van der Waals surface area contributed by atoms with Gasteiger partial charge < -0.3 is 5.73 Å². The maximum atomic E-state index is 9.92. The van der Waals surface area contributed by atoms with Gasteiger partial charge in [-0.05, 0) is 23.7 Å². The maximum absolute atomic E-state index is 9.92. The minimum Gasteiger partial charge on any atom is -0.399 e. The zero-order valence-corrected chi connectivity index (χ0v) is 14.0. The lowest BCUT2D eigenvalue weighted by molar-refractivity contribution is 0.214. The fraction of sp³-hybridized carbons (Fsp3) is 0.368. The molecule has 2 aliphatic rings. The monoisotopic (exact) mass is 330 g/mol. The van der Waals surface area contributed by atoms with Crippen LogP contribution in [0.1, 0.15) is 18.4 Å². The zero-order valence-electron chi connectivity index (χ0n) is 14.0. The molecule has 1 aromatic rings. The minimum absolute atomic E-state index is 0.0568. The van der Waals surface area contributed by atoms with Crippen LogP contribution in [0.3, 0.4) is 0 Å². The molecule has 0 bridgehead atoms. The van der Waals surface area contributed by atoms with Crippen LogP contribution in [0.4, 0.5) is 0 Å². The summed E-state index contributed by atoms with van der Waals surface area (Å²) in [5, 5.41) is 29.5. The first-order valence-electron chi connectivity index (χ1n) is 8.18. The molecule has 0 aromatic carbocycles. The molecule has 25 heavy (non-hydrogen) atoms. The number of allylic oxidation sites excluding steroid dienone is 2. The van der Waals surface area contributed by atoms with Crippen molar-refractivity contribution in [2.45, 2.75) is 12.8 Å². The molecule has 2 atom stereocenters. The minimum atomic E-state index is -1.58. The molecule has 0 radical (unpaired) electrons. The van der Waals surface area contributed by atoms with Crippen molar-refractivity contribution < 1.29 is 0 Å². The number of hydrogen-bond acceptors (Lipinski definition) is 6. The number of pyridine rings is 1. The maximum Gasteiger partial charge on any atom is 0.191 e. The second-order valence-electron chi connectivity index (χ2n) is 6.31. The summed E-state index contributed by atoms with van der Waals surface area (Å²) in [6.07, 6.45) is 5.34. The third-order valence-corrected chi connectivity index (χ3v) is 5.23. The molecule has 0 spiro atoms. The molecule has 1 aliphatic heterocycles. The van der Waals surface area contributed by atoms with Gasteiger partial charge in [0.1, 0.15) is 6.07 Å².